The van der Waals surface area contributed by atoms with E-state index in [0.717, 1.165) is 6.20 Å². The van der Waals surface area contributed by atoms with Crippen LogP contribution in [0.5, 0.6) is 0 Å². The molecule has 0 radical (unpaired) electrons. The number of nitrogens with zero attached hydrogens (tertiary/aromatic N) is 2. The molecule has 0 aliphatic heterocycles. The molecular weight excluding hydrogens is 196 g/mol. The minimum Gasteiger partial charge on any atom is -0.388 e. The maximum absolute atomic E-state index is 10.4. The van der Waals surface area contributed by atoms with E-state index in [1.165, 1.54) is 13.0 Å². The molecule has 0 saturated carbocycles. The van der Waals surface area contributed by atoms with Crippen molar-refractivity contribution in [3.8, 4) is 0 Å². The summed E-state index contributed by atoms with van der Waals surface area (Å²) >= 11 is 5.52. The number of hydrogen-bond acceptors (Lipinski definition) is 4. The van der Waals surface area contributed by atoms with Gasteiger partial charge >= 0.3 is 0 Å². The van der Waals surface area contributed by atoms with Crippen molar-refractivity contribution in [1.29, 1.82) is 0 Å². The van der Waals surface area contributed by atoms with E-state index in [1.54, 1.807) is 0 Å². The molecule has 13 heavy (non-hydrogen) atoms. The molecule has 0 bridgehead atoms. The number of pyridine rings is 1. The highest BCUT2D eigenvalue weighted by atomic mass is 35.5. The van der Waals surface area contributed by atoms with Crippen LogP contribution in [0.2, 0.25) is 5.15 Å². The fourth-order valence-electron chi connectivity index (χ4n) is 0.924. The first kappa shape index (κ1) is 9.88. The van der Waals surface area contributed by atoms with Crippen molar-refractivity contribution < 1.29 is 10.0 Å². The smallest absolute Gasteiger partial charge is 0.293 e. The third-order valence-corrected chi connectivity index (χ3v) is 1.73. The number of halogens is 1. The average Bonchev–Trinajstić information content (AvgIpc) is 2.03. The quantitative estimate of drug-likeness (QED) is 0.450. The second kappa shape index (κ2) is 3.68. The van der Waals surface area contributed by atoms with E-state index in [4.69, 9.17) is 11.6 Å². The van der Waals surface area contributed by atoms with E-state index in [9.17, 15) is 15.2 Å². The van der Waals surface area contributed by atoms with E-state index in [-0.39, 0.29) is 16.4 Å². The molecule has 0 amide bonds. The van der Waals surface area contributed by atoms with Gasteiger partial charge in [-0.25, -0.2) is 4.98 Å². The molecule has 1 N–H and O–H groups in total. The van der Waals surface area contributed by atoms with E-state index in [2.05, 4.69) is 4.98 Å². The Kier molecular flexibility index (Phi) is 2.79. The van der Waals surface area contributed by atoms with Gasteiger partial charge in [0.25, 0.3) is 5.69 Å². The average molecular weight is 203 g/mol. The van der Waals surface area contributed by atoms with E-state index in [0.29, 0.717) is 0 Å². The van der Waals surface area contributed by atoms with Gasteiger partial charge in [-0.2, -0.15) is 0 Å². The van der Waals surface area contributed by atoms with Crippen LogP contribution in [0.3, 0.4) is 0 Å². The molecule has 0 aliphatic rings. The zero-order chi connectivity index (χ0) is 10.0. The molecule has 1 unspecified atom stereocenters. The van der Waals surface area contributed by atoms with Crippen LogP contribution in [0.15, 0.2) is 12.3 Å². The second-order valence-corrected chi connectivity index (χ2v) is 2.89. The van der Waals surface area contributed by atoms with Crippen LogP contribution in [0.4, 0.5) is 5.69 Å². The lowest BCUT2D eigenvalue weighted by Gasteiger charge is -2.04. The Morgan fingerprint density at radius 2 is 2.38 bits per heavy atom. The van der Waals surface area contributed by atoms with Gasteiger partial charge < -0.3 is 5.11 Å². The largest absolute Gasteiger partial charge is 0.388 e. The van der Waals surface area contributed by atoms with Crippen molar-refractivity contribution in [2.75, 3.05) is 0 Å². The Morgan fingerprint density at radius 1 is 1.77 bits per heavy atom. The van der Waals surface area contributed by atoms with Crippen molar-refractivity contribution in [3.63, 3.8) is 0 Å². The monoisotopic (exact) mass is 202 g/mol. The van der Waals surface area contributed by atoms with Gasteiger partial charge in [-0.3, -0.25) is 10.1 Å². The fraction of sp³-hybridized carbons (Fsp3) is 0.286. The van der Waals surface area contributed by atoms with Gasteiger partial charge in [0, 0.05) is 0 Å². The molecule has 1 rings (SSSR count). The van der Waals surface area contributed by atoms with Crippen molar-refractivity contribution in [3.05, 3.63) is 33.1 Å². The topological polar surface area (TPSA) is 76.3 Å². The Labute approximate surface area is 79.1 Å². The summed E-state index contributed by atoms with van der Waals surface area (Å²) in [6.07, 6.45) is 0.102. The van der Waals surface area contributed by atoms with Crippen LogP contribution >= 0.6 is 11.6 Å². The van der Waals surface area contributed by atoms with E-state index < -0.39 is 11.0 Å². The van der Waals surface area contributed by atoms with Gasteiger partial charge in [-0.05, 0) is 13.0 Å². The van der Waals surface area contributed by atoms with Crippen LogP contribution in [0, 0.1) is 10.1 Å². The van der Waals surface area contributed by atoms with Gasteiger partial charge in [0.2, 0.25) is 0 Å². The summed E-state index contributed by atoms with van der Waals surface area (Å²) in [6.45, 7) is 1.43. The van der Waals surface area contributed by atoms with Gasteiger partial charge in [0.1, 0.15) is 11.3 Å². The fourth-order valence-corrected chi connectivity index (χ4v) is 1.09. The van der Waals surface area contributed by atoms with Crippen LogP contribution in [-0.2, 0) is 0 Å². The van der Waals surface area contributed by atoms with Gasteiger partial charge in [0.15, 0.2) is 0 Å². The first-order chi connectivity index (χ1) is 6.02. The van der Waals surface area contributed by atoms with Crippen LogP contribution in [0.25, 0.3) is 0 Å². The zero-order valence-electron chi connectivity index (χ0n) is 6.77. The summed E-state index contributed by atoms with van der Waals surface area (Å²) in [4.78, 5) is 13.4. The molecule has 0 saturated heterocycles. The molecule has 1 aromatic rings. The molecule has 1 atom stereocenters. The highest BCUT2D eigenvalue weighted by Gasteiger charge is 2.18. The Balaban J connectivity index is 3.26. The molecule has 0 aromatic carbocycles. The molecule has 0 aliphatic carbocycles. The number of nitro groups is 1. The zero-order valence-corrected chi connectivity index (χ0v) is 7.52. The van der Waals surface area contributed by atoms with Gasteiger partial charge in [0.05, 0.1) is 16.6 Å². The standard InChI is InChI=1S/C7H7ClN2O3/c1-4(11)5-2-7(8)9-3-6(5)10(12)13/h2-4,11H,1H3. The first-order valence-corrected chi connectivity index (χ1v) is 3.88. The lowest BCUT2D eigenvalue weighted by atomic mass is 10.1. The number of hydrogen-bond donors (Lipinski definition) is 1. The van der Waals surface area contributed by atoms with Crippen LogP contribution in [-0.4, -0.2) is 15.0 Å². The molecule has 0 spiro atoms. The number of aliphatic hydroxyl groups excluding tert-OH is 1. The van der Waals surface area contributed by atoms with Crippen molar-refractivity contribution in [2.24, 2.45) is 0 Å². The minimum absolute atomic E-state index is 0.126. The Morgan fingerprint density at radius 3 is 2.85 bits per heavy atom. The van der Waals surface area contributed by atoms with Gasteiger partial charge in [-0.15, -0.1) is 0 Å². The highest BCUT2D eigenvalue weighted by Crippen LogP contribution is 2.25. The van der Waals surface area contributed by atoms with Crippen LogP contribution in [0.1, 0.15) is 18.6 Å². The third-order valence-electron chi connectivity index (χ3n) is 1.53. The normalized spacial score (nSPS) is 12.5. The molecule has 1 heterocycles. The lowest BCUT2D eigenvalue weighted by Crippen LogP contribution is -1.99. The molecule has 6 heteroatoms. The first-order valence-electron chi connectivity index (χ1n) is 3.50. The van der Waals surface area contributed by atoms with Gasteiger partial charge in [-0.1, -0.05) is 11.6 Å². The lowest BCUT2D eigenvalue weighted by molar-refractivity contribution is -0.386. The SMILES string of the molecule is CC(O)c1cc(Cl)ncc1[N+](=O)[O-]. The van der Waals surface area contributed by atoms with Crippen molar-refractivity contribution in [1.82, 2.24) is 4.98 Å². The third kappa shape index (κ3) is 2.13. The molecular formula is C7H7ClN2O3. The molecule has 5 nitrogen and oxygen atoms in total. The summed E-state index contributed by atoms with van der Waals surface area (Å²) < 4.78 is 0. The summed E-state index contributed by atoms with van der Waals surface area (Å²) in [6, 6.07) is 1.28. The summed E-state index contributed by atoms with van der Waals surface area (Å²) in [7, 11) is 0. The van der Waals surface area contributed by atoms with E-state index in [1.807, 2.05) is 0 Å². The second-order valence-electron chi connectivity index (χ2n) is 2.50. The number of rotatable bonds is 2. The summed E-state index contributed by atoms with van der Waals surface area (Å²) in [5.41, 5.74) is -0.0515. The molecule has 70 valence electrons. The predicted octanol–water partition coefficient (Wildman–Crippen LogP) is 1.70. The maximum Gasteiger partial charge on any atom is 0.293 e. The van der Waals surface area contributed by atoms with Crippen LogP contribution < -0.4 is 0 Å². The maximum atomic E-state index is 10.4. The van der Waals surface area contributed by atoms with Crippen molar-refractivity contribution in [2.45, 2.75) is 13.0 Å². The molecule has 1 aromatic heterocycles. The summed E-state index contributed by atoms with van der Waals surface area (Å²) in [5.74, 6) is 0. The van der Waals surface area contributed by atoms with Crippen molar-refractivity contribution >= 4 is 17.3 Å². The number of aromatic nitrogens is 1. The van der Waals surface area contributed by atoms with E-state index >= 15 is 0 Å². The number of aliphatic hydroxyl groups is 1. The molecule has 0 fully saturated rings. The predicted molar refractivity (Wildman–Crippen MR) is 46.5 cm³/mol. The summed E-state index contributed by atoms with van der Waals surface area (Å²) in [5, 5.41) is 19.8. The Hall–Kier alpha value is -1.20. The minimum atomic E-state index is -0.930. The Bertz CT molecular complexity index is 341. The highest BCUT2D eigenvalue weighted by molar-refractivity contribution is 6.29.